The molecule has 0 unspecified atom stereocenters. The highest BCUT2D eigenvalue weighted by molar-refractivity contribution is 7.89. The third-order valence-corrected chi connectivity index (χ3v) is 5.56. The SMILES string of the molecule is Cc1ccc(N)c(C)c1S(=O)(=O)N(C)Cc1ccncc1. The van der Waals surface area contributed by atoms with Crippen LogP contribution in [0.1, 0.15) is 16.7 Å². The van der Waals surface area contributed by atoms with Crippen molar-refractivity contribution in [1.82, 2.24) is 9.29 Å². The molecule has 2 rings (SSSR count). The number of nitrogens with two attached hydrogens (primary N) is 1. The van der Waals surface area contributed by atoms with Crippen molar-refractivity contribution in [3.63, 3.8) is 0 Å². The molecule has 1 aromatic heterocycles. The number of sulfonamides is 1. The first-order valence-electron chi connectivity index (χ1n) is 6.55. The first-order valence-corrected chi connectivity index (χ1v) is 7.99. The number of pyridine rings is 1. The van der Waals surface area contributed by atoms with Gasteiger partial charge in [-0.05, 0) is 48.7 Å². The highest BCUT2D eigenvalue weighted by Crippen LogP contribution is 2.27. The predicted molar refractivity (Wildman–Crippen MR) is 83.2 cm³/mol. The maximum absolute atomic E-state index is 12.8. The van der Waals surface area contributed by atoms with Gasteiger partial charge in [0.2, 0.25) is 10.0 Å². The molecule has 2 aromatic rings. The van der Waals surface area contributed by atoms with Crippen molar-refractivity contribution in [3.8, 4) is 0 Å². The van der Waals surface area contributed by atoms with Gasteiger partial charge in [0.25, 0.3) is 0 Å². The zero-order chi connectivity index (χ0) is 15.6. The second kappa shape index (κ2) is 5.83. The Morgan fingerprint density at radius 2 is 1.76 bits per heavy atom. The van der Waals surface area contributed by atoms with E-state index in [1.54, 1.807) is 57.6 Å². The third-order valence-electron chi connectivity index (χ3n) is 3.47. The van der Waals surface area contributed by atoms with Gasteiger partial charge in [-0.3, -0.25) is 4.98 Å². The van der Waals surface area contributed by atoms with E-state index in [4.69, 9.17) is 5.73 Å². The van der Waals surface area contributed by atoms with Crippen molar-refractivity contribution in [2.45, 2.75) is 25.3 Å². The van der Waals surface area contributed by atoms with E-state index in [0.717, 1.165) is 5.56 Å². The average molecular weight is 305 g/mol. The molecule has 0 aliphatic heterocycles. The van der Waals surface area contributed by atoms with Crippen LogP contribution in [0, 0.1) is 13.8 Å². The van der Waals surface area contributed by atoms with E-state index in [2.05, 4.69) is 4.98 Å². The van der Waals surface area contributed by atoms with Crippen molar-refractivity contribution >= 4 is 15.7 Å². The fraction of sp³-hybridized carbons (Fsp3) is 0.267. The summed E-state index contributed by atoms with van der Waals surface area (Å²) in [6.45, 7) is 3.80. The number of aryl methyl sites for hydroxylation is 1. The number of aromatic nitrogens is 1. The van der Waals surface area contributed by atoms with Crippen LogP contribution in [-0.4, -0.2) is 24.8 Å². The van der Waals surface area contributed by atoms with Crippen molar-refractivity contribution in [3.05, 3.63) is 53.3 Å². The maximum Gasteiger partial charge on any atom is 0.243 e. The first-order chi connectivity index (χ1) is 9.84. The standard InChI is InChI=1S/C15H19N3O2S/c1-11-4-5-14(16)12(2)15(11)21(19,20)18(3)10-13-6-8-17-9-7-13/h4-9H,10,16H2,1-3H3. The zero-order valence-corrected chi connectivity index (χ0v) is 13.2. The van der Waals surface area contributed by atoms with Gasteiger partial charge < -0.3 is 5.73 Å². The Morgan fingerprint density at radius 1 is 1.14 bits per heavy atom. The second-order valence-electron chi connectivity index (χ2n) is 5.04. The van der Waals surface area contributed by atoms with Crippen LogP contribution >= 0.6 is 0 Å². The van der Waals surface area contributed by atoms with Crippen molar-refractivity contribution in [2.75, 3.05) is 12.8 Å². The molecule has 0 spiro atoms. The van der Waals surface area contributed by atoms with Crippen LogP contribution in [0.2, 0.25) is 0 Å². The van der Waals surface area contributed by atoms with Crippen LogP contribution in [0.25, 0.3) is 0 Å². The third kappa shape index (κ3) is 3.06. The number of rotatable bonds is 4. The van der Waals surface area contributed by atoms with Gasteiger partial charge in [0.15, 0.2) is 0 Å². The van der Waals surface area contributed by atoms with Gasteiger partial charge in [-0.15, -0.1) is 0 Å². The molecule has 6 heteroatoms. The highest BCUT2D eigenvalue weighted by atomic mass is 32.2. The lowest BCUT2D eigenvalue weighted by molar-refractivity contribution is 0.465. The van der Waals surface area contributed by atoms with Crippen LogP contribution in [0.15, 0.2) is 41.6 Å². The Kier molecular flexibility index (Phi) is 4.29. The lowest BCUT2D eigenvalue weighted by Crippen LogP contribution is -2.28. The largest absolute Gasteiger partial charge is 0.398 e. The molecular formula is C15H19N3O2S. The fourth-order valence-electron chi connectivity index (χ4n) is 2.23. The molecule has 0 amide bonds. The van der Waals surface area contributed by atoms with E-state index in [1.165, 1.54) is 4.31 Å². The van der Waals surface area contributed by atoms with Crippen molar-refractivity contribution < 1.29 is 8.42 Å². The lowest BCUT2D eigenvalue weighted by atomic mass is 10.1. The number of nitrogen functional groups attached to an aromatic ring is 1. The molecule has 0 radical (unpaired) electrons. The zero-order valence-electron chi connectivity index (χ0n) is 12.4. The van der Waals surface area contributed by atoms with Crippen molar-refractivity contribution in [2.24, 2.45) is 0 Å². The van der Waals surface area contributed by atoms with E-state index < -0.39 is 10.0 Å². The number of nitrogens with zero attached hydrogens (tertiary/aromatic N) is 2. The van der Waals surface area contributed by atoms with E-state index >= 15 is 0 Å². The van der Waals surface area contributed by atoms with Gasteiger partial charge in [-0.1, -0.05) is 6.07 Å². The molecule has 0 saturated heterocycles. The molecule has 21 heavy (non-hydrogen) atoms. The number of benzene rings is 1. The maximum atomic E-state index is 12.8. The summed E-state index contributed by atoms with van der Waals surface area (Å²) in [7, 11) is -2.02. The highest BCUT2D eigenvalue weighted by Gasteiger charge is 2.25. The molecule has 0 fully saturated rings. The van der Waals surface area contributed by atoms with Crippen LogP contribution in [0.3, 0.4) is 0 Å². The monoisotopic (exact) mass is 305 g/mol. The summed E-state index contributed by atoms with van der Waals surface area (Å²) >= 11 is 0. The van der Waals surface area contributed by atoms with Gasteiger partial charge >= 0.3 is 0 Å². The van der Waals surface area contributed by atoms with E-state index in [1.807, 2.05) is 0 Å². The number of hydrogen-bond donors (Lipinski definition) is 1. The average Bonchev–Trinajstić information content (AvgIpc) is 2.44. The Balaban J connectivity index is 2.41. The van der Waals surface area contributed by atoms with E-state index in [0.29, 0.717) is 28.3 Å². The molecule has 112 valence electrons. The fourth-order valence-corrected chi connectivity index (χ4v) is 3.84. The molecule has 0 atom stereocenters. The van der Waals surface area contributed by atoms with Crippen LogP contribution in [0.4, 0.5) is 5.69 Å². The Hall–Kier alpha value is -1.92. The predicted octanol–water partition coefficient (Wildman–Crippen LogP) is 2.10. The van der Waals surface area contributed by atoms with Gasteiger partial charge in [0.1, 0.15) is 0 Å². The van der Waals surface area contributed by atoms with E-state index in [-0.39, 0.29) is 0 Å². The summed E-state index contributed by atoms with van der Waals surface area (Å²) in [5, 5.41) is 0. The first kappa shape index (κ1) is 15.5. The Bertz CT molecular complexity index is 743. The summed E-state index contributed by atoms with van der Waals surface area (Å²) in [5.74, 6) is 0. The molecule has 1 aromatic carbocycles. The number of anilines is 1. The minimum absolute atomic E-state index is 0.290. The summed E-state index contributed by atoms with van der Waals surface area (Å²) in [6.07, 6.45) is 3.29. The molecule has 0 saturated carbocycles. The van der Waals surface area contributed by atoms with Crippen LogP contribution in [0.5, 0.6) is 0 Å². The molecule has 2 N–H and O–H groups in total. The van der Waals surface area contributed by atoms with Gasteiger partial charge in [0, 0.05) is 31.7 Å². The van der Waals surface area contributed by atoms with Gasteiger partial charge in [-0.25, -0.2) is 8.42 Å². The minimum atomic E-state index is -3.59. The quantitative estimate of drug-likeness (QED) is 0.878. The summed E-state index contributed by atoms with van der Waals surface area (Å²) in [5.41, 5.74) is 8.51. The van der Waals surface area contributed by atoms with Crippen LogP contribution < -0.4 is 5.73 Å². The summed E-state index contributed by atoms with van der Waals surface area (Å²) in [6, 6.07) is 7.05. The van der Waals surface area contributed by atoms with Crippen LogP contribution in [-0.2, 0) is 16.6 Å². The summed E-state index contributed by atoms with van der Waals surface area (Å²) < 4.78 is 26.9. The Labute approximate surface area is 125 Å². The smallest absolute Gasteiger partial charge is 0.243 e. The Morgan fingerprint density at radius 3 is 2.38 bits per heavy atom. The topological polar surface area (TPSA) is 76.3 Å². The molecule has 5 nitrogen and oxygen atoms in total. The minimum Gasteiger partial charge on any atom is -0.398 e. The van der Waals surface area contributed by atoms with Crippen molar-refractivity contribution in [1.29, 1.82) is 0 Å². The summed E-state index contributed by atoms with van der Waals surface area (Å²) in [4.78, 5) is 4.22. The molecule has 0 aliphatic carbocycles. The molecule has 1 heterocycles. The molecule has 0 aliphatic rings. The molecule has 0 bridgehead atoms. The van der Waals surface area contributed by atoms with E-state index in [9.17, 15) is 8.42 Å². The molecular weight excluding hydrogens is 286 g/mol. The second-order valence-corrected chi connectivity index (χ2v) is 7.02. The van der Waals surface area contributed by atoms with Gasteiger partial charge in [-0.2, -0.15) is 4.31 Å². The number of hydrogen-bond acceptors (Lipinski definition) is 4. The normalized spacial score (nSPS) is 11.8. The van der Waals surface area contributed by atoms with Gasteiger partial charge in [0.05, 0.1) is 4.90 Å². The lowest BCUT2D eigenvalue weighted by Gasteiger charge is -2.20.